The molecule has 1 N–H and O–H groups in total. The summed E-state index contributed by atoms with van der Waals surface area (Å²) in [4.78, 5) is 30.0. The van der Waals surface area contributed by atoms with E-state index in [2.05, 4.69) is 11.4 Å². The van der Waals surface area contributed by atoms with Crippen LogP contribution in [0.1, 0.15) is 58.8 Å². The second-order valence-electron chi connectivity index (χ2n) is 10.0. The van der Waals surface area contributed by atoms with Gasteiger partial charge in [0.25, 0.3) is 5.91 Å². The van der Waals surface area contributed by atoms with Crippen molar-refractivity contribution in [3.05, 3.63) is 82.9 Å². The summed E-state index contributed by atoms with van der Waals surface area (Å²) in [6.07, 6.45) is 4.07. The molecule has 0 spiro atoms. The maximum absolute atomic E-state index is 14.4. The van der Waals surface area contributed by atoms with Crippen molar-refractivity contribution in [1.29, 1.82) is 0 Å². The van der Waals surface area contributed by atoms with Gasteiger partial charge in [-0.05, 0) is 85.8 Å². The molecule has 0 saturated heterocycles. The number of benzene rings is 3. The predicted molar refractivity (Wildman–Crippen MR) is 146 cm³/mol. The van der Waals surface area contributed by atoms with E-state index >= 15 is 0 Å². The van der Waals surface area contributed by atoms with Crippen molar-refractivity contribution in [2.24, 2.45) is 0 Å². The molecule has 0 unspecified atom stereocenters. The Morgan fingerprint density at radius 1 is 0.895 bits per heavy atom. The Balaban J connectivity index is 1.62. The molecular formula is C31H34N2O5. The molecule has 1 fully saturated rings. The maximum Gasteiger partial charge on any atom is 0.259 e. The van der Waals surface area contributed by atoms with E-state index < -0.39 is 6.04 Å². The van der Waals surface area contributed by atoms with E-state index in [0.29, 0.717) is 47.3 Å². The summed E-state index contributed by atoms with van der Waals surface area (Å²) in [6.45, 7) is 4.87. The smallest absolute Gasteiger partial charge is 0.259 e. The minimum Gasteiger partial charge on any atom is -0.497 e. The largest absolute Gasteiger partial charge is 0.497 e. The summed E-state index contributed by atoms with van der Waals surface area (Å²) in [5, 5.41) is 3.23. The Labute approximate surface area is 223 Å². The molecule has 0 bridgehead atoms. The molecule has 1 aliphatic heterocycles. The molecule has 3 aromatic rings. The number of hydrogen-bond donors (Lipinski definition) is 1. The average Bonchev–Trinajstić information content (AvgIpc) is 3.43. The number of rotatable bonds is 7. The zero-order valence-electron chi connectivity index (χ0n) is 22.2. The number of hydrogen-bond acceptors (Lipinski definition) is 5. The fourth-order valence-electron chi connectivity index (χ4n) is 5.34. The number of aryl methyl sites for hydroxylation is 2. The van der Waals surface area contributed by atoms with Gasteiger partial charge in [0.15, 0.2) is 11.5 Å². The highest BCUT2D eigenvalue weighted by atomic mass is 16.6. The Morgan fingerprint density at radius 3 is 2.21 bits per heavy atom. The van der Waals surface area contributed by atoms with E-state index in [-0.39, 0.29) is 17.9 Å². The number of carbonyl (C=O) groups excluding carboxylic acids is 2. The molecule has 7 heteroatoms. The summed E-state index contributed by atoms with van der Waals surface area (Å²) in [7, 11) is 1.60. The summed E-state index contributed by atoms with van der Waals surface area (Å²) in [5.74, 6) is 1.32. The van der Waals surface area contributed by atoms with Crippen LogP contribution in [0.25, 0.3) is 0 Å². The first kappa shape index (κ1) is 25.6. The quantitative estimate of drug-likeness (QED) is 0.449. The van der Waals surface area contributed by atoms with Gasteiger partial charge in [0, 0.05) is 17.3 Å². The van der Waals surface area contributed by atoms with Crippen LogP contribution in [0.4, 0.5) is 5.69 Å². The molecule has 2 aliphatic rings. The second-order valence-corrected chi connectivity index (χ2v) is 10.0. The van der Waals surface area contributed by atoms with Gasteiger partial charge >= 0.3 is 0 Å². The molecule has 1 aliphatic carbocycles. The van der Waals surface area contributed by atoms with Crippen LogP contribution in [0.5, 0.6) is 17.2 Å². The Kier molecular flexibility index (Phi) is 7.54. The SMILES string of the molecule is COc1ccc([C@@H](C(=O)NC2CCCC2)N(C(=O)c2ccc3c(c2)OCCO3)c2cc(C)cc(C)c2)cc1. The van der Waals surface area contributed by atoms with Crippen LogP contribution in [0, 0.1) is 13.8 Å². The molecule has 1 heterocycles. The summed E-state index contributed by atoms with van der Waals surface area (Å²) < 4.78 is 16.8. The van der Waals surface area contributed by atoms with Gasteiger partial charge in [-0.25, -0.2) is 0 Å². The van der Waals surface area contributed by atoms with Gasteiger partial charge in [0.2, 0.25) is 5.91 Å². The molecular weight excluding hydrogens is 480 g/mol. The number of fused-ring (bicyclic) bond motifs is 1. The number of anilines is 1. The number of nitrogens with one attached hydrogen (secondary N) is 1. The van der Waals surface area contributed by atoms with Gasteiger partial charge in [-0.15, -0.1) is 0 Å². The van der Waals surface area contributed by atoms with Crippen LogP contribution in [-0.2, 0) is 4.79 Å². The number of methoxy groups -OCH3 is 1. The number of carbonyl (C=O) groups is 2. The third-order valence-electron chi connectivity index (χ3n) is 7.13. The lowest BCUT2D eigenvalue weighted by molar-refractivity contribution is -0.123. The van der Waals surface area contributed by atoms with Crippen molar-refractivity contribution in [1.82, 2.24) is 5.32 Å². The van der Waals surface area contributed by atoms with Gasteiger partial charge in [0.05, 0.1) is 7.11 Å². The standard InChI is InChI=1S/C31H34N2O5/c1-20-16-21(2)18-25(17-20)33(31(35)23-10-13-27-28(19-23)38-15-14-37-27)29(22-8-11-26(36-3)12-9-22)30(34)32-24-6-4-5-7-24/h8-13,16-19,24,29H,4-7,14-15H2,1-3H3,(H,32,34)/t29-/m0/s1. The molecule has 7 nitrogen and oxygen atoms in total. The predicted octanol–water partition coefficient (Wildman–Crippen LogP) is 5.53. The molecule has 1 saturated carbocycles. The Morgan fingerprint density at radius 2 is 1.55 bits per heavy atom. The molecule has 3 aromatic carbocycles. The van der Waals surface area contributed by atoms with Gasteiger partial charge < -0.3 is 19.5 Å². The van der Waals surface area contributed by atoms with E-state index in [1.54, 1.807) is 30.2 Å². The maximum atomic E-state index is 14.4. The lowest BCUT2D eigenvalue weighted by Gasteiger charge is -2.33. The Hall–Kier alpha value is -4.00. The number of amides is 2. The van der Waals surface area contributed by atoms with E-state index in [0.717, 1.165) is 36.8 Å². The highest BCUT2D eigenvalue weighted by molar-refractivity contribution is 6.10. The topological polar surface area (TPSA) is 77.1 Å². The lowest BCUT2D eigenvalue weighted by Crippen LogP contribution is -2.46. The molecule has 198 valence electrons. The van der Waals surface area contributed by atoms with Crippen molar-refractivity contribution < 1.29 is 23.8 Å². The van der Waals surface area contributed by atoms with Crippen LogP contribution in [0.2, 0.25) is 0 Å². The zero-order valence-corrected chi connectivity index (χ0v) is 22.2. The van der Waals surface area contributed by atoms with Crippen molar-refractivity contribution in [3.63, 3.8) is 0 Å². The molecule has 5 rings (SSSR count). The minimum atomic E-state index is -0.886. The normalized spacial score (nSPS) is 15.6. The van der Waals surface area contributed by atoms with Gasteiger partial charge in [-0.1, -0.05) is 31.0 Å². The van der Waals surface area contributed by atoms with Gasteiger partial charge in [-0.3, -0.25) is 14.5 Å². The monoisotopic (exact) mass is 514 g/mol. The van der Waals surface area contributed by atoms with Crippen molar-refractivity contribution in [2.45, 2.75) is 51.6 Å². The van der Waals surface area contributed by atoms with Crippen molar-refractivity contribution in [3.8, 4) is 17.2 Å². The van der Waals surface area contributed by atoms with E-state index in [1.807, 2.05) is 50.2 Å². The summed E-state index contributed by atoms with van der Waals surface area (Å²) in [6, 6.07) is 17.7. The van der Waals surface area contributed by atoms with Crippen LogP contribution >= 0.6 is 0 Å². The first-order valence-corrected chi connectivity index (χ1v) is 13.2. The van der Waals surface area contributed by atoms with Crippen LogP contribution in [0.3, 0.4) is 0 Å². The van der Waals surface area contributed by atoms with E-state index in [1.165, 1.54) is 0 Å². The molecule has 0 radical (unpaired) electrons. The first-order valence-electron chi connectivity index (χ1n) is 13.2. The molecule has 0 aromatic heterocycles. The first-order chi connectivity index (χ1) is 18.4. The van der Waals surface area contributed by atoms with E-state index in [9.17, 15) is 9.59 Å². The summed E-state index contributed by atoms with van der Waals surface area (Å²) in [5.41, 5.74) is 3.78. The number of nitrogens with zero attached hydrogens (tertiary/aromatic N) is 1. The fraction of sp³-hybridized carbons (Fsp3) is 0.355. The third-order valence-corrected chi connectivity index (χ3v) is 7.13. The lowest BCUT2D eigenvalue weighted by atomic mass is 9.99. The van der Waals surface area contributed by atoms with Crippen molar-refractivity contribution >= 4 is 17.5 Å². The number of ether oxygens (including phenoxy) is 3. The zero-order chi connectivity index (χ0) is 26.6. The highest BCUT2D eigenvalue weighted by Crippen LogP contribution is 2.36. The van der Waals surface area contributed by atoms with Crippen molar-refractivity contribution in [2.75, 3.05) is 25.2 Å². The second kappa shape index (κ2) is 11.2. The Bertz CT molecular complexity index is 1290. The average molecular weight is 515 g/mol. The minimum absolute atomic E-state index is 0.105. The highest BCUT2D eigenvalue weighted by Gasteiger charge is 2.35. The van der Waals surface area contributed by atoms with Crippen LogP contribution in [0.15, 0.2) is 60.7 Å². The molecule has 38 heavy (non-hydrogen) atoms. The van der Waals surface area contributed by atoms with Crippen LogP contribution < -0.4 is 24.4 Å². The van der Waals surface area contributed by atoms with Gasteiger partial charge in [0.1, 0.15) is 25.0 Å². The molecule has 2 amide bonds. The fourth-order valence-corrected chi connectivity index (χ4v) is 5.34. The van der Waals surface area contributed by atoms with E-state index in [4.69, 9.17) is 14.2 Å². The summed E-state index contributed by atoms with van der Waals surface area (Å²) >= 11 is 0. The van der Waals surface area contributed by atoms with Crippen LogP contribution in [-0.4, -0.2) is 38.2 Å². The van der Waals surface area contributed by atoms with Gasteiger partial charge in [-0.2, -0.15) is 0 Å². The molecule has 1 atom stereocenters. The third kappa shape index (κ3) is 5.47.